The first-order valence-corrected chi connectivity index (χ1v) is 7.11. The van der Waals surface area contributed by atoms with Crippen LogP contribution in [0.3, 0.4) is 0 Å². The van der Waals surface area contributed by atoms with Crippen molar-refractivity contribution in [3.63, 3.8) is 0 Å². The Kier molecular flexibility index (Phi) is 5.79. The molecule has 0 saturated carbocycles. The molecule has 0 radical (unpaired) electrons. The van der Waals surface area contributed by atoms with Crippen LogP contribution in [0.2, 0.25) is 0 Å². The summed E-state index contributed by atoms with van der Waals surface area (Å²) in [6, 6.07) is 4.47. The second-order valence-corrected chi connectivity index (χ2v) is 6.38. The lowest BCUT2D eigenvalue weighted by atomic mass is 9.78. The van der Waals surface area contributed by atoms with E-state index < -0.39 is 17.3 Å². The molecule has 0 aliphatic carbocycles. The van der Waals surface area contributed by atoms with Crippen LogP contribution < -0.4 is 5.32 Å². The van der Waals surface area contributed by atoms with E-state index >= 15 is 0 Å². The molecule has 0 bridgehead atoms. The zero-order valence-electron chi connectivity index (χ0n) is 13.1. The fraction of sp³-hybridized carbons (Fsp3) is 0.500. The molecule has 6 heteroatoms. The average Bonchev–Trinajstić information content (AvgIpc) is 2.38. The summed E-state index contributed by atoms with van der Waals surface area (Å²) in [5, 5.41) is 30.3. The van der Waals surface area contributed by atoms with Crippen LogP contribution in [-0.4, -0.2) is 33.7 Å². The van der Waals surface area contributed by atoms with E-state index in [2.05, 4.69) is 5.32 Å². The van der Waals surface area contributed by atoms with Gasteiger partial charge in [0.25, 0.3) is 0 Å². The number of phenols is 2. The van der Waals surface area contributed by atoms with Crippen LogP contribution in [0.4, 0.5) is 0 Å². The molecule has 1 aromatic rings. The van der Waals surface area contributed by atoms with Gasteiger partial charge in [-0.3, -0.25) is 9.59 Å². The van der Waals surface area contributed by atoms with Gasteiger partial charge in [0.15, 0.2) is 11.5 Å². The van der Waals surface area contributed by atoms with Crippen molar-refractivity contribution in [2.45, 2.75) is 33.6 Å². The van der Waals surface area contributed by atoms with Gasteiger partial charge in [-0.25, -0.2) is 0 Å². The minimum Gasteiger partial charge on any atom is -0.504 e. The van der Waals surface area contributed by atoms with Crippen molar-refractivity contribution in [1.29, 1.82) is 0 Å². The summed E-state index contributed by atoms with van der Waals surface area (Å²) in [6.07, 6.45) is 0.263. The Balaban J connectivity index is 2.59. The van der Waals surface area contributed by atoms with Gasteiger partial charge in [-0.1, -0.05) is 26.8 Å². The number of carbonyl (C=O) groups is 2. The monoisotopic (exact) mass is 309 g/mol. The van der Waals surface area contributed by atoms with Crippen molar-refractivity contribution in [1.82, 2.24) is 5.32 Å². The molecule has 4 N–H and O–H groups in total. The highest BCUT2D eigenvalue weighted by atomic mass is 16.4. The number of nitrogens with one attached hydrogen (secondary N) is 1. The fourth-order valence-corrected chi connectivity index (χ4v) is 2.14. The van der Waals surface area contributed by atoms with Crippen LogP contribution in [0.5, 0.6) is 11.5 Å². The molecule has 1 rings (SSSR count). The van der Waals surface area contributed by atoms with Crippen molar-refractivity contribution < 1.29 is 24.9 Å². The normalized spacial score (nSPS) is 12.7. The van der Waals surface area contributed by atoms with Gasteiger partial charge in [0.1, 0.15) is 0 Å². The smallest absolute Gasteiger partial charge is 0.304 e. The zero-order chi connectivity index (χ0) is 16.9. The number of hydrogen-bond donors (Lipinski definition) is 4. The Morgan fingerprint density at radius 3 is 2.32 bits per heavy atom. The van der Waals surface area contributed by atoms with Crippen LogP contribution in [-0.2, 0) is 16.0 Å². The van der Waals surface area contributed by atoms with E-state index in [0.717, 1.165) is 5.56 Å². The van der Waals surface area contributed by atoms with Crippen molar-refractivity contribution in [3.8, 4) is 11.5 Å². The predicted molar refractivity (Wildman–Crippen MR) is 81.7 cm³/mol. The lowest BCUT2D eigenvalue weighted by molar-refractivity contribution is -0.143. The molecule has 122 valence electrons. The summed E-state index contributed by atoms with van der Waals surface area (Å²) >= 11 is 0. The SMILES string of the molecule is CC(C)(C)C(CC(=O)O)C(=O)NCCc1ccc(O)c(O)c1. The molecular weight excluding hydrogens is 286 g/mol. The summed E-state index contributed by atoms with van der Waals surface area (Å²) in [6.45, 7) is 5.82. The number of phenolic OH excluding ortho intramolecular Hbond substituents is 2. The zero-order valence-corrected chi connectivity index (χ0v) is 13.1. The maximum Gasteiger partial charge on any atom is 0.304 e. The Labute approximate surface area is 129 Å². The molecule has 0 heterocycles. The van der Waals surface area contributed by atoms with Gasteiger partial charge in [0.2, 0.25) is 5.91 Å². The molecule has 0 fully saturated rings. The van der Waals surface area contributed by atoms with E-state index in [0.29, 0.717) is 13.0 Å². The molecule has 0 spiro atoms. The van der Waals surface area contributed by atoms with E-state index in [9.17, 15) is 19.8 Å². The van der Waals surface area contributed by atoms with Crippen molar-refractivity contribution >= 4 is 11.9 Å². The number of carboxylic acid groups (broad SMARTS) is 1. The van der Waals surface area contributed by atoms with Gasteiger partial charge in [0.05, 0.1) is 12.3 Å². The molecule has 0 saturated heterocycles. The van der Waals surface area contributed by atoms with Gasteiger partial charge in [-0.05, 0) is 29.5 Å². The Morgan fingerprint density at radius 2 is 1.82 bits per heavy atom. The molecule has 22 heavy (non-hydrogen) atoms. The Bertz CT molecular complexity index is 548. The van der Waals surface area contributed by atoms with Crippen LogP contribution in [0.25, 0.3) is 0 Å². The molecule has 1 atom stereocenters. The number of carbonyl (C=O) groups excluding carboxylic acids is 1. The molecule has 1 unspecified atom stereocenters. The molecule has 1 amide bonds. The predicted octanol–water partition coefficient (Wildman–Crippen LogP) is 1.89. The molecule has 0 aromatic heterocycles. The molecule has 1 aromatic carbocycles. The topological polar surface area (TPSA) is 107 Å². The second kappa shape index (κ2) is 7.15. The Morgan fingerprint density at radius 1 is 1.18 bits per heavy atom. The van der Waals surface area contributed by atoms with Crippen LogP contribution in [0.1, 0.15) is 32.8 Å². The van der Waals surface area contributed by atoms with Gasteiger partial charge in [-0.2, -0.15) is 0 Å². The van der Waals surface area contributed by atoms with Gasteiger partial charge in [0, 0.05) is 6.54 Å². The highest BCUT2D eigenvalue weighted by molar-refractivity contribution is 5.83. The van der Waals surface area contributed by atoms with Gasteiger partial charge >= 0.3 is 5.97 Å². The van der Waals surface area contributed by atoms with Crippen molar-refractivity contribution in [3.05, 3.63) is 23.8 Å². The molecule has 6 nitrogen and oxygen atoms in total. The number of carboxylic acids is 1. The third-order valence-electron chi connectivity index (χ3n) is 3.49. The first-order chi connectivity index (χ1) is 10.1. The number of aliphatic carboxylic acids is 1. The minimum atomic E-state index is -1.00. The lowest BCUT2D eigenvalue weighted by Crippen LogP contribution is -2.40. The van der Waals surface area contributed by atoms with Crippen LogP contribution in [0.15, 0.2) is 18.2 Å². The number of rotatable bonds is 6. The summed E-state index contributed by atoms with van der Waals surface area (Å²) in [7, 11) is 0. The van der Waals surface area contributed by atoms with Gasteiger partial charge < -0.3 is 20.6 Å². The van der Waals surface area contributed by atoms with Crippen LogP contribution in [0, 0.1) is 11.3 Å². The average molecular weight is 309 g/mol. The van der Waals surface area contributed by atoms with E-state index in [1.54, 1.807) is 6.07 Å². The molecule has 0 aliphatic heterocycles. The largest absolute Gasteiger partial charge is 0.504 e. The highest BCUT2D eigenvalue weighted by Gasteiger charge is 2.32. The Hall–Kier alpha value is -2.24. The van der Waals surface area contributed by atoms with E-state index in [4.69, 9.17) is 5.11 Å². The molecule has 0 aliphatic rings. The van der Waals surface area contributed by atoms with Crippen molar-refractivity contribution in [2.75, 3.05) is 6.54 Å². The quantitative estimate of drug-likeness (QED) is 0.600. The standard InChI is InChI=1S/C16H23NO5/c1-16(2,3)11(9-14(20)21)15(22)17-7-6-10-4-5-12(18)13(19)8-10/h4-5,8,11,18-19H,6-7,9H2,1-3H3,(H,17,22)(H,20,21). The molecular formula is C16H23NO5. The maximum atomic E-state index is 12.2. The fourth-order valence-electron chi connectivity index (χ4n) is 2.14. The van der Waals surface area contributed by atoms with Crippen molar-refractivity contribution in [2.24, 2.45) is 11.3 Å². The first-order valence-electron chi connectivity index (χ1n) is 7.11. The summed E-state index contributed by atoms with van der Waals surface area (Å²) in [5.41, 5.74) is 0.320. The number of hydrogen-bond acceptors (Lipinski definition) is 4. The van der Waals surface area contributed by atoms with Gasteiger partial charge in [-0.15, -0.1) is 0 Å². The van der Waals surface area contributed by atoms with E-state index in [1.807, 2.05) is 20.8 Å². The first kappa shape index (κ1) is 17.8. The van der Waals surface area contributed by atoms with E-state index in [1.165, 1.54) is 12.1 Å². The van der Waals surface area contributed by atoms with E-state index in [-0.39, 0.29) is 23.8 Å². The summed E-state index contributed by atoms with van der Waals surface area (Å²) in [4.78, 5) is 23.1. The lowest BCUT2D eigenvalue weighted by Gasteiger charge is -2.28. The number of amides is 1. The minimum absolute atomic E-state index is 0.193. The third-order valence-corrected chi connectivity index (χ3v) is 3.49. The highest BCUT2D eigenvalue weighted by Crippen LogP contribution is 2.29. The third kappa shape index (κ3) is 5.27. The maximum absolute atomic E-state index is 12.2. The second-order valence-electron chi connectivity index (χ2n) is 6.38. The summed E-state index contributed by atoms with van der Waals surface area (Å²) in [5.74, 6) is -2.31. The number of aromatic hydroxyl groups is 2. The summed E-state index contributed by atoms with van der Waals surface area (Å²) < 4.78 is 0. The van der Waals surface area contributed by atoms with Crippen LogP contribution >= 0.6 is 0 Å². The number of benzene rings is 1.